The van der Waals surface area contributed by atoms with Gasteiger partial charge in [0.2, 0.25) is 0 Å². The van der Waals surface area contributed by atoms with Crippen molar-refractivity contribution >= 4 is 28.6 Å². The summed E-state index contributed by atoms with van der Waals surface area (Å²) in [7, 11) is 0. The summed E-state index contributed by atoms with van der Waals surface area (Å²) in [5, 5.41) is 19.7. The van der Waals surface area contributed by atoms with Gasteiger partial charge in [-0.15, -0.1) is 0 Å². The Morgan fingerprint density at radius 2 is 2.35 bits per heavy atom. The molecule has 1 rings (SSSR count). The third-order valence-corrected chi connectivity index (χ3v) is 2.37. The Bertz CT molecular complexity index is 511. The van der Waals surface area contributed by atoms with E-state index in [0.717, 1.165) is 17.8 Å². The molecule has 0 aliphatic rings. The maximum Gasteiger partial charge on any atom is 0.338 e. The van der Waals surface area contributed by atoms with Crippen molar-refractivity contribution in [3.05, 3.63) is 29.6 Å². The van der Waals surface area contributed by atoms with Gasteiger partial charge in [-0.3, -0.25) is 5.32 Å². The molecule has 1 aromatic carbocycles. The number of carbonyl (C=O) groups is 1. The average molecular weight is 253 g/mol. The lowest BCUT2D eigenvalue weighted by molar-refractivity contribution is 0.0697. The van der Waals surface area contributed by atoms with Crippen molar-refractivity contribution in [2.45, 2.75) is 0 Å². The highest BCUT2D eigenvalue weighted by Gasteiger charge is 2.14. The molecular weight excluding hydrogens is 245 g/mol. The van der Waals surface area contributed by atoms with Crippen LogP contribution in [0.4, 0.5) is 10.1 Å². The lowest BCUT2D eigenvalue weighted by atomic mass is 10.2. The first-order chi connectivity index (χ1) is 8.10. The molecule has 17 heavy (non-hydrogen) atoms. The molecule has 0 fully saturated rings. The summed E-state index contributed by atoms with van der Waals surface area (Å²) < 4.78 is 13.5. The summed E-state index contributed by atoms with van der Waals surface area (Å²) in [6.07, 6.45) is 3.27. The number of carboxylic acids is 1. The molecule has 1 aromatic rings. The van der Waals surface area contributed by atoms with E-state index < -0.39 is 11.8 Å². The molecule has 0 unspecified atom stereocenters. The second-order valence-corrected chi connectivity index (χ2v) is 3.59. The van der Waals surface area contributed by atoms with Gasteiger partial charge in [-0.2, -0.15) is 5.26 Å². The summed E-state index contributed by atoms with van der Waals surface area (Å²) in [4.78, 5) is 14.7. The number of nitriles is 1. The number of nitrogens with zero attached hydrogens (tertiary/aromatic N) is 2. The number of aromatic carboxylic acids is 1. The first-order valence-electron chi connectivity index (χ1n) is 4.39. The molecule has 0 heterocycles. The Balaban J connectivity index is 3.30. The molecule has 0 aromatic heterocycles. The van der Waals surface area contributed by atoms with E-state index in [1.165, 1.54) is 12.1 Å². The minimum atomic E-state index is -1.28. The molecule has 0 atom stereocenters. The number of halogens is 1. The van der Waals surface area contributed by atoms with Gasteiger partial charge in [-0.25, -0.2) is 14.2 Å². The lowest BCUT2D eigenvalue weighted by Crippen LogP contribution is -2.13. The van der Waals surface area contributed by atoms with Crippen LogP contribution in [0.15, 0.2) is 23.2 Å². The topological polar surface area (TPSA) is 85.5 Å². The number of rotatable bonds is 2. The highest BCUT2D eigenvalue weighted by molar-refractivity contribution is 8.13. The van der Waals surface area contributed by atoms with Crippen LogP contribution in [0.1, 0.15) is 10.4 Å². The molecule has 0 amide bonds. The normalized spacial score (nSPS) is 10.8. The highest BCUT2D eigenvalue weighted by Crippen LogP contribution is 2.24. The Kier molecular flexibility index (Phi) is 4.48. The molecule has 7 heteroatoms. The summed E-state index contributed by atoms with van der Waals surface area (Å²) in [5.41, 5.74) is -0.552. The Labute approximate surface area is 101 Å². The second kappa shape index (κ2) is 5.86. The maximum atomic E-state index is 13.5. The molecule has 5 nitrogen and oxygen atoms in total. The quantitative estimate of drug-likeness (QED) is 0.364. The highest BCUT2D eigenvalue weighted by atomic mass is 32.2. The van der Waals surface area contributed by atoms with Crippen molar-refractivity contribution in [1.82, 2.24) is 5.32 Å². The van der Waals surface area contributed by atoms with Crippen LogP contribution in [0, 0.1) is 17.3 Å². The minimum absolute atomic E-state index is 0.125. The lowest BCUT2D eigenvalue weighted by Gasteiger charge is -2.04. The Morgan fingerprint density at radius 1 is 1.65 bits per heavy atom. The van der Waals surface area contributed by atoms with Gasteiger partial charge in [0.15, 0.2) is 11.4 Å². The van der Waals surface area contributed by atoms with Gasteiger partial charge < -0.3 is 5.11 Å². The Morgan fingerprint density at radius 3 is 2.88 bits per heavy atom. The Hall–Kier alpha value is -2.07. The van der Waals surface area contributed by atoms with Crippen LogP contribution in [-0.4, -0.2) is 22.5 Å². The van der Waals surface area contributed by atoms with Crippen molar-refractivity contribution in [1.29, 1.82) is 5.26 Å². The number of hydrogen-bond donors (Lipinski definition) is 2. The van der Waals surface area contributed by atoms with Gasteiger partial charge in [0.05, 0.1) is 5.56 Å². The fraction of sp³-hybridized carbons (Fsp3) is 0.100. The summed E-state index contributed by atoms with van der Waals surface area (Å²) >= 11 is 1.08. The van der Waals surface area contributed by atoms with Crippen molar-refractivity contribution in [3.63, 3.8) is 0 Å². The number of benzene rings is 1. The molecular formula is C10H8FN3O2S. The molecule has 0 spiro atoms. The number of carboxylic acid groups (broad SMARTS) is 1. The zero-order chi connectivity index (χ0) is 12.8. The van der Waals surface area contributed by atoms with Crippen LogP contribution in [-0.2, 0) is 0 Å². The van der Waals surface area contributed by atoms with E-state index >= 15 is 0 Å². The van der Waals surface area contributed by atoms with Crippen LogP contribution in [0.3, 0.4) is 0 Å². The number of thioether (sulfide) groups is 1. The number of aliphatic imine (C=N–C) groups is 1. The molecule has 88 valence electrons. The number of nitrogens with one attached hydrogen (secondary N) is 1. The molecule has 0 radical (unpaired) electrons. The van der Waals surface area contributed by atoms with E-state index in [4.69, 9.17) is 10.4 Å². The molecule has 0 bridgehead atoms. The predicted molar refractivity (Wildman–Crippen MR) is 62.7 cm³/mol. The van der Waals surface area contributed by atoms with E-state index in [0.29, 0.717) is 0 Å². The van der Waals surface area contributed by atoms with Gasteiger partial charge in [-0.05, 0) is 18.4 Å². The van der Waals surface area contributed by atoms with E-state index in [-0.39, 0.29) is 16.4 Å². The zero-order valence-corrected chi connectivity index (χ0v) is 9.58. The van der Waals surface area contributed by atoms with Crippen molar-refractivity contribution in [2.75, 3.05) is 6.26 Å². The predicted octanol–water partition coefficient (Wildman–Crippen LogP) is 1.95. The minimum Gasteiger partial charge on any atom is -0.478 e. The fourth-order valence-electron chi connectivity index (χ4n) is 1.08. The van der Waals surface area contributed by atoms with Crippen molar-refractivity contribution in [3.8, 4) is 6.19 Å². The van der Waals surface area contributed by atoms with Gasteiger partial charge in [0.25, 0.3) is 0 Å². The van der Waals surface area contributed by atoms with Gasteiger partial charge >= 0.3 is 5.97 Å². The molecule has 0 saturated heterocycles. The number of amidine groups is 1. The van der Waals surface area contributed by atoms with Crippen LogP contribution in [0.25, 0.3) is 0 Å². The first-order valence-corrected chi connectivity index (χ1v) is 5.62. The van der Waals surface area contributed by atoms with Crippen LogP contribution >= 0.6 is 11.8 Å². The van der Waals surface area contributed by atoms with E-state index in [1.807, 2.05) is 0 Å². The zero-order valence-electron chi connectivity index (χ0n) is 8.77. The van der Waals surface area contributed by atoms with E-state index in [9.17, 15) is 9.18 Å². The summed E-state index contributed by atoms with van der Waals surface area (Å²) in [6, 6.07) is 3.64. The molecule has 0 aliphatic heterocycles. The van der Waals surface area contributed by atoms with E-state index in [2.05, 4.69) is 10.3 Å². The fourth-order valence-corrected chi connectivity index (χ4v) is 1.41. The van der Waals surface area contributed by atoms with Crippen molar-refractivity contribution < 1.29 is 14.3 Å². The molecule has 0 saturated carbocycles. The third kappa shape index (κ3) is 3.19. The largest absolute Gasteiger partial charge is 0.478 e. The summed E-state index contributed by atoms with van der Waals surface area (Å²) in [6.45, 7) is 0. The third-order valence-electron chi connectivity index (χ3n) is 1.79. The van der Waals surface area contributed by atoms with Gasteiger partial charge in [0, 0.05) is 0 Å². The smallest absolute Gasteiger partial charge is 0.338 e. The van der Waals surface area contributed by atoms with Crippen LogP contribution in [0.2, 0.25) is 0 Å². The second-order valence-electron chi connectivity index (χ2n) is 2.80. The van der Waals surface area contributed by atoms with Crippen molar-refractivity contribution in [2.24, 2.45) is 4.99 Å². The van der Waals surface area contributed by atoms with Crippen LogP contribution in [0.5, 0.6) is 0 Å². The summed E-state index contributed by atoms with van der Waals surface area (Å²) in [5.74, 6) is -2.03. The standard InChI is InChI=1S/C10H8FN3O2S/c1-17-10(13-5-12)14-8-6(9(15)16)3-2-4-7(8)11/h2-4H,1H3,(H,13,14)(H,15,16). The monoisotopic (exact) mass is 253 g/mol. The van der Waals surface area contributed by atoms with Gasteiger partial charge in [0.1, 0.15) is 11.5 Å². The molecule has 0 aliphatic carbocycles. The maximum absolute atomic E-state index is 13.5. The van der Waals surface area contributed by atoms with Crippen LogP contribution < -0.4 is 5.32 Å². The SMILES string of the molecule is CSC(=Nc1c(F)cccc1C(=O)O)NC#N. The van der Waals surface area contributed by atoms with Gasteiger partial charge in [-0.1, -0.05) is 17.8 Å². The first kappa shape index (κ1) is 13.0. The molecule has 2 N–H and O–H groups in total. The number of hydrogen-bond acceptors (Lipinski definition) is 4. The average Bonchev–Trinajstić information content (AvgIpc) is 2.30. The van der Waals surface area contributed by atoms with E-state index in [1.54, 1.807) is 12.4 Å². The number of para-hydroxylation sites is 1.